The van der Waals surface area contributed by atoms with Crippen LogP contribution in [0.3, 0.4) is 0 Å². The highest BCUT2D eigenvalue weighted by atomic mass is 32.2. The fraction of sp³-hybridized carbons (Fsp3) is 0.625. The molecule has 1 rings (SSSR count). The first kappa shape index (κ1) is 13.5. The van der Waals surface area contributed by atoms with E-state index in [9.17, 15) is 12.6 Å². The Labute approximate surface area is 102 Å². The van der Waals surface area contributed by atoms with Crippen molar-refractivity contribution in [2.75, 3.05) is 6.26 Å². The molecule has 0 fully saturated rings. The van der Waals surface area contributed by atoms with E-state index in [-0.39, 0.29) is 5.88 Å². The number of nitrogens with zero attached hydrogens (tertiary/aromatic N) is 1. The van der Waals surface area contributed by atoms with Crippen LogP contribution >= 0.6 is 11.3 Å². The smallest absolute Gasteiger partial charge is 0.361 e. The van der Waals surface area contributed by atoms with Crippen LogP contribution in [0.2, 0.25) is 0 Å². The van der Waals surface area contributed by atoms with Crippen molar-refractivity contribution in [3.8, 4) is 5.88 Å². The maximum Gasteiger partial charge on any atom is 0.472 e. The van der Waals surface area contributed by atoms with Crippen molar-refractivity contribution in [3.63, 3.8) is 0 Å². The summed E-state index contributed by atoms with van der Waals surface area (Å²) in [6.07, 6.45) is 1.57. The zero-order valence-corrected chi connectivity index (χ0v) is 11.5. The van der Waals surface area contributed by atoms with Crippen molar-refractivity contribution >= 4 is 33.1 Å². The first-order valence-corrected chi connectivity index (χ1v) is 7.91. The molecule has 1 heterocycles. The number of hydrogen-bond donors (Lipinski definition) is 0. The lowest BCUT2D eigenvalue weighted by atomic mass is 10.1. The SMILES string of the molecule is CCC(C)([S+]=O)c1nc(OS(C)(=O)=O)cs1. The third kappa shape index (κ3) is 3.19. The Kier molecular flexibility index (Phi) is 3.97. The van der Waals surface area contributed by atoms with Crippen molar-refractivity contribution < 1.29 is 16.8 Å². The predicted molar refractivity (Wildman–Crippen MR) is 63.3 cm³/mol. The second kappa shape index (κ2) is 4.72. The van der Waals surface area contributed by atoms with Gasteiger partial charge >= 0.3 is 21.8 Å². The Bertz CT molecular complexity index is 481. The van der Waals surface area contributed by atoms with Gasteiger partial charge in [0.15, 0.2) is 5.01 Å². The first-order chi connectivity index (χ1) is 7.30. The van der Waals surface area contributed by atoms with Crippen molar-refractivity contribution in [1.29, 1.82) is 0 Å². The second-order valence-corrected chi connectivity index (χ2v) is 6.95. The summed E-state index contributed by atoms with van der Waals surface area (Å²) >= 11 is 1.67. The zero-order chi connectivity index (χ0) is 12.4. The van der Waals surface area contributed by atoms with E-state index in [1.165, 1.54) is 16.7 Å². The van der Waals surface area contributed by atoms with Gasteiger partial charge in [0.05, 0.1) is 11.6 Å². The number of rotatable bonds is 5. The maximum atomic E-state index is 11.0. The van der Waals surface area contributed by atoms with Gasteiger partial charge in [0.1, 0.15) is 0 Å². The highest BCUT2D eigenvalue weighted by Crippen LogP contribution is 2.32. The van der Waals surface area contributed by atoms with Gasteiger partial charge in [-0.3, -0.25) is 0 Å². The molecule has 0 aromatic carbocycles. The molecule has 0 amide bonds. The van der Waals surface area contributed by atoms with Crippen molar-refractivity contribution in [2.24, 2.45) is 0 Å². The molecule has 0 radical (unpaired) electrons. The summed E-state index contributed by atoms with van der Waals surface area (Å²) in [7, 11) is -3.56. The summed E-state index contributed by atoms with van der Waals surface area (Å²) in [5.74, 6) is 0.0243. The fourth-order valence-corrected chi connectivity index (χ4v) is 2.73. The molecular formula is C8H12NO4S3+. The predicted octanol–water partition coefficient (Wildman–Crippen LogP) is 1.53. The fourth-order valence-electron chi connectivity index (χ4n) is 0.941. The third-order valence-corrected chi connectivity index (χ3v) is 4.57. The molecule has 0 saturated heterocycles. The molecular weight excluding hydrogens is 270 g/mol. The molecule has 0 bridgehead atoms. The number of hydrogen-bond acceptors (Lipinski definition) is 6. The van der Waals surface area contributed by atoms with Gasteiger partial charge in [-0.25, -0.2) is 0 Å². The van der Waals surface area contributed by atoms with E-state index in [4.69, 9.17) is 0 Å². The summed E-state index contributed by atoms with van der Waals surface area (Å²) in [6, 6.07) is 0. The molecule has 0 spiro atoms. The average Bonchev–Trinajstić information content (AvgIpc) is 2.63. The molecule has 1 atom stereocenters. The van der Waals surface area contributed by atoms with Crippen LogP contribution in [-0.2, 0) is 30.7 Å². The monoisotopic (exact) mass is 282 g/mol. The quantitative estimate of drug-likeness (QED) is 0.605. The van der Waals surface area contributed by atoms with E-state index in [1.807, 2.05) is 6.92 Å². The van der Waals surface area contributed by atoms with Gasteiger partial charge in [0, 0.05) is 17.6 Å². The molecule has 90 valence electrons. The van der Waals surface area contributed by atoms with Gasteiger partial charge in [-0.05, 0) is 0 Å². The lowest BCUT2D eigenvalue weighted by Gasteiger charge is -2.03. The van der Waals surface area contributed by atoms with Crippen LogP contribution < -0.4 is 4.18 Å². The Morgan fingerprint density at radius 2 is 2.25 bits per heavy atom. The first-order valence-electron chi connectivity index (χ1n) is 4.47. The van der Waals surface area contributed by atoms with Crippen LogP contribution in [0.5, 0.6) is 5.88 Å². The average molecular weight is 282 g/mol. The summed E-state index contributed by atoms with van der Waals surface area (Å²) in [6.45, 7) is 3.65. The molecule has 0 saturated carbocycles. The van der Waals surface area contributed by atoms with Gasteiger partial charge < -0.3 is 4.18 Å². The van der Waals surface area contributed by atoms with E-state index < -0.39 is 14.9 Å². The highest BCUT2D eigenvalue weighted by molar-refractivity contribution is 7.86. The van der Waals surface area contributed by atoms with Crippen LogP contribution in [0.4, 0.5) is 0 Å². The van der Waals surface area contributed by atoms with E-state index in [0.717, 1.165) is 6.26 Å². The molecule has 8 heteroatoms. The summed E-state index contributed by atoms with van der Waals surface area (Å²) in [5, 5.41) is 2.06. The van der Waals surface area contributed by atoms with Gasteiger partial charge in [-0.1, -0.05) is 6.92 Å². The van der Waals surface area contributed by atoms with E-state index >= 15 is 0 Å². The summed E-state index contributed by atoms with van der Waals surface area (Å²) in [5.41, 5.74) is 0. The summed E-state index contributed by atoms with van der Waals surface area (Å²) in [4.78, 5) is 4.01. The molecule has 5 nitrogen and oxygen atoms in total. The minimum atomic E-state index is -3.56. The highest BCUT2D eigenvalue weighted by Gasteiger charge is 2.42. The van der Waals surface area contributed by atoms with Crippen molar-refractivity contribution in [2.45, 2.75) is 25.0 Å². The Balaban J connectivity index is 2.99. The van der Waals surface area contributed by atoms with E-state index in [1.54, 1.807) is 6.92 Å². The van der Waals surface area contributed by atoms with Crippen LogP contribution in [0.1, 0.15) is 25.3 Å². The van der Waals surface area contributed by atoms with Crippen molar-refractivity contribution in [1.82, 2.24) is 4.98 Å². The van der Waals surface area contributed by atoms with Gasteiger partial charge in [0.2, 0.25) is 5.88 Å². The Morgan fingerprint density at radius 1 is 1.62 bits per heavy atom. The minimum Gasteiger partial charge on any atom is -0.361 e. The van der Waals surface area contributed by atoms with E-state index in [0.29, 0.717) is 23.1 Å². The van der Waals surface area contributed by atoms with Crippen LogP contribution in [0.25, 0.3) is 0 Å². The summed E-state index contributed by atoms with van der Waals surface area (Å²) < 4.78 is 36.7. The lowest BCUT2D eigenvalue weighted by molar-refractivity contribution is 0.481. The van der Waals surface area contributed by atoms with E-state index in [2.05, 4.69) is 9.17 Å². The van der Waals surface area contributed by atoms with Crippen molar-refractivity contribution in [3.05, 3.63) is 10.4 Å². The van der Waals surface area contributed by atoms with Gasteiger partial charge in [-0.2, -0.15) is 13.4 Å². The van der Waals surface area contributed by atoms with Gasteiger partial charge in [0.25, 0.3) is 4.75 Å². The largest absolute Gasteiger partial charge is 0.472 e. The van der Waals surface area contributed by atoms with Crippen LogP contribution in [0.15, 0.2) is 5.38 Å². The minimum absolute atomic E-state index is 0.0243. The molecule has 0 aliphatic heterocycles. The standard InChI is InChI=1S/C8H12NO4S3/c1-4-8(2,15-10)7-9-6(5-14-7)13-16(3,11)12/h5H,4H2,1-3H3/q+1. The molecule has 0 aliphatic rings. The number of thiazole rings is 1. The topological polar surface area (TPSA) is 73.3 Å². The molecule has 1 unspecified atom stereocenters. The third-order valence-electron chi connectivity index (χ3n) is 2.03. The molecule has 16 heavy (non-hydrogen) atoms. The lowest BCUT2D eigenvalue weighted by Crippen LogP contribution is -2.18. The Hall–Kier alpha value is -0.600. The number of aromatic nitrogens is 1. The molecule has 0 aliphatic carbocycles. The van der Waals surface area contributed by atoms with Crippen LogP contribution in [0, 0.1) is 0 Å². The molecule has 1 aromatic heterocycles. The normalized spacial score (nSPS) is 15.4. The zero-order valence-electron chi connectivity index (χ0n) is 9.09. The van der Waals surface area contributed by atoms with Crippen LogP contribution in [-0.4, -0.2) is 19.7 Å². The maximum absolute atomic E-state index is 11.0. The Morgan fingerprint density at radius 3 is 2.69 bits per heavy atom. The van der Waals surface area contributed by atoms with Gasteiger partial charge in [-0.15, -0.1) is 11.3 Å². The molecule has 0 N–H and O–H groups in total. The second-order valence-electron chi connectivity index (χ2n) is 3.45. The molecule has 1 aromatic rings.